The number of carboxylic acids is 1. The summed E-state index contributed by atoms with van der Waals surface area (Å²) in [6.07, 6.45) is 6.54. The summed E-state index contributed by atoms with van der Waals surface area (Å²) in [6, 6.07) is -4.47. The number of carbonyl (C=O) groups excluding carboxylic acids is 13. The molecule has 92 heavy (non-hydrogen) atoms. The van der Waals surface area contributed by atoms with Crippen molar-refractivity contribution in [1.82, 2.24) is 93.7 Å². The summed E-state index contributed by atoms with van der Waals surface area (Å²) in [5.74, 6) is -14.3. The third-order valence-corrected chi connectivity index (χ3v) is 13.6. The van der Waals surface area contributed by atoms with Gasteiger partial charge >= 0.3 is 5.97 Å². The van der Waals surface area contributed by atoms with Gasteiger partial charge in [0.25, 0.3) is 0 Å². The lowest BCUT2D eigenvalue weighted by atomic mass is 10.0. The zero-order chi connectivity index (χ0) is 68.0. The quantitative estimate of drug-likeness (QED) is 0.0197. The van der Waals surface area contributed by atoms with Gasteiger partial charge in [0.2, 0.25) is 76.8 Å². The van der Waals surface area contributed by atoms with E-state index in [-0.39, 0.29) is 25.7 Å². The summed E-state index contributed by atoms with van der Waals surface area (Å²) >= 11 is 5.91. The number of halogens is 1. The molecule has 8 atom stereocenters. The lowest BCUT2D eigenvalue weighted by Gasteiger charge is -2.25. The molecule has 0 aliphatic carbocycles. The number of nitrogens with one attached hydrogen (secondary N) is 15. The normalized spacial score (nSPS) is 13.6. The van der Waals surface area contributed by atoms with Gasteiger partial charge in [0.1, 0.15) is 48.8 Å². The van der Waals surface area contributed by atoms with Crippen molar-refractivity contribution in [3.63, 3.8) is 0 Å². The predicted molar refractivity (Wildman–Crippen MR) is 321 cm³/mol. The highest BCUT2D eigenvalue weighted by atomic mass is 35.5. The van der Waals surface area contributed by atoms with Crippen molar-refractivity contribution in [2.75, 3.05) is 39.3 Å². The monoisotopic (exact) mass is 1310 g/mol. The van der Waals surface area contributed by atoms with Crippen molar-refractivity contribution < 1.29 is 77.3 Å². The summed E-state index contributed by atoms with van der Waals surface area (Å²) in [7, 11) is 0. The average molecular weight is 1310 g/mol. The highest BCUT2D eigenvalue weighted by Gasteiger charge is 2.34. The molecule has 13 amide bonds. The van der Waals surface area contributed by atoms with Crippen LogP contribution in [0.5, 0.6) is 0 Å². The lowest BCUT2D eigenvalue weighted by molar-refractivity contribution is -0.138. The van der Waals surface area contributed by atoms with Crippen LogP contribution in [-0.2, 0) is 92.8 Å². The molecule has 0 saturated carbocycles. The molecule has 37 heteroatoms. The molecule has 0 spiro atoms. The third-order valence-electron chi connectivity index (χ3n) is 13.3. The summed E-state index contributed by atoms with van der Waals surface area (Å²) in [5, 5.41) is 48.2. The molecule has 0 radical (unpaired) electrons. The summed E-state index contributed by atoms with van der Waals surface area (Å²) in [5.41, 5.74) is 13.2. The number of benzene rings is 1. The van der Waals surface area contributed by atoms with Crippen LogP contribution in [0.15, 0.2) is 61.8 Å². The number of aliphatic hydroxyl groups excluding tert-OH is 1. The van der Waals surface area contributed by atoms with Gasteiger partial charge in [-0.15, -0.1) is 0 Å². The van der Waals surface area contributed by atoms with Crippen LogP contribution in [0.2, 0.25) is 5.02 Å². The summed E-state index contributed by atoms with van der Waals surface area (Å²) in [4.78, 5) is 203. The first kappa shape index (κ1) is 74.1. The number of amides is 13. The molecule has 500 valence electrons. The molecule has 0 aliphatic rings. The topological polar surface area (TPSA) is 562 Å². The van der Waals surface area contributed by atoms with Crippen LogP contribution < -0.4 is 75.3 Å². The van der Waals surface area contributed by atoms with Crippen molar-refractivity contribution >= 4 is 94.4 Å². The molecule has 36 nitrogen and oxygen atoms in total. The predicted octanol–water partition coefficient (Wildman–Crippen LogP) is -7.26. The number of carbonyl (C=O) groups is 14. The Labute approximate surface area is 530 Å². The molecule has 0 fully saturated rings. The summed E-state index contributed by atoms with van der Waals surface area (Å²) < 4.78 is 0. The van der Waals surface area contributed by atoms with Crippen LogP contribution in [0, 0.1) is 11.8 Å². The minimum Gasteiger partial charge on any atom is -0.480 e. The van der Waals surface area contributed by atoms with Crippen LogP contribution in [-0.4, -0.2) is 211 Å². The number of aliphatic carboxylic acids is 1. The van der Waals surface area contributed by atoms with Crippen molar-refractivity contribution in [3.8, 4) is 0 Å². The standard InChI is InChI=1S/C55H77ClN20O16/c1-27(2)46(54(91)73-38(14-33-17-61-26-69-33)51(88)66-22-45(83)84)76-44(82)21-64-50(87)37(13-32-16-60-25-68-32)72-53(90)35(9-10-40(58)78)70-41(79)18-63-49(86)36(12-31-15-59-24-67-31)71-42(80)19-65-52(89)39(23-77)74-55(92)47(28(3)4)75-43(81)20-62-48(85)34(57)11-29-5-7-30(56)8-6-29/h5-8,15-17,24-28,34-39,46-47,77H,9-14,18-23,57H2,1-4H3,(H2,58,78)(H,59,67)(H,60,68)(H,61,69)(H,62,85)(H,63,86)(H,64,87)(H,65,89)(H,66,88)(H,70,79)(H,71,80)(H,72,90)(H,73,91)(H,74,92)(H,75,81)(H,76,82)(H,83,84)/t34-,35-,36-,37-,38-,39-,46-,47-/m0/s1. The van der Waals surface area contributed by atoms with Gasteiger partial charge in [0.05, 0.1) is 57.8 Å². The number of H-pyrrole nitrogens is 3. The summed E-state index contributed by atoms with van der Waals surface area (Å²) in [6.45, 7) is 1.63. The van der Waals surface area contributed by atoms with Crippen molar-refractivity contribution in [1.29, 1.82) is 0 Å². The highest BCUT2D eigenvalue weighted by Crippen LogP contribution is 2.12. The molecule has 1 aromatic carbocycles. The molecule has 0 saturated heterocycles. The van der Waals surface area contributed by atoms with E-state index in [1.807, 2.05) is 0 Å². The Balaban J connectivity index is 1.34. The molecule has 0 unspecified atom stereocenters. The molecule has 0 aliphatic heterocycles. The Hall–Kier alpha value is -10.4. The van der Waals surface area contributed by atoms with Crippen LogP contribution in [0.1, 0.15) is 63.2 Å². The third kappa shape index (κ3) is 26.4. The van der Waals surface area contributed by atoms with Crippen LogP contribution >= 0.6 is 11.6 Å². The van der Waals surface area contributed by atoms with E-state index in [0.717, 1.165) is 5.56 Å². The van der Waals surface area contributed by atoms with Crippen molar-refractivity contribution in [3.05, 3.63) is 89.5 Å². The maximum absolute atomic E-state index is 13.9. The molecule has 21 N–H and O–H groups in total. The number of nitrogens with two attached hydrogens (primary N) is 2. The number of carboxylic acid groups (broad SMARTS) is 1. The van der Waals surface area contributed by atoms with Crippen LogP contribution in [0.3, 0.4) is 0 Å². The van der Waals surface area contributed by atoms with Gasteiger partial charge in [0.15, 0.2) is 0 Å². The Kier molecular flexibility index (Phi) is 30.3. The molecular formula is C55H77ClN20O16. The van der Waals surface area contributed by atoms with Gasteiger partial charge in [-0.2, -0.15) is 0 Å². The number of aromatic amines is 3. The minimum absolute atomic E-state index is 0.131. The molecule has 4 aromatic rings. The van der Waals surface area contributed by atoms with Gasteiger partial charge in [-0.05, 0) is 42.4 Å². The van der Waals surface area contributed by atoms with Gasteiger partial charge in [-0.25, -0.2) is 15.0 Å². The molecule has 4 rings (SSSR count). The zero-order valence-electron chi connectivity index (χ0n) is 50.5. The maximum Gasteiger partial charge on any atom is 0.322 e. The SMILES string of the molecule is CC(C)[C@H](NC(=O)CNC(=O)[C@@H](N)Cc1ccc(Cl)cc1)C(=O)N[C@@H](CO)C(=O)NCC(=O)N[C@@H](Cc1cnc[nH]1)C(=O)NCC(=O)N[C@@H](CCC(N)=O)C(=O)N[C@@H](Cc1cnc[nH]1)C(=O)NCC(=O)N[C@H](C(=O)N[C@@H](Cc1cnc[nH]1)C(=O)NCC(=O)O)C(C)C. The molecule has 3 aromatic heterocycles. The second kappa shape index (κ2) is 37.6. The smallest absolute Gasteiger partial charge is 0.322 e. The lowest BCUT2D eigenvalue weighted by Crippen LogP contribution is -2.58. The average Bonchev–Trinajstić information content (AvgIpc) is 1.59. The number of hydrogen-bond donors (Lipinski definition) is 19. The van der Waals surface area contributed by atoms with Crippen LogP contribution in [0.4, 0.5) is 0 Å². The second-order valence-corrected chi connectivity index (χ2v) is 21.9. The Morgan fingerprint density at radius 1 is 0.467 bits per heavy atom. The fourth-order valence-corrected chi connectivity index (χ4v) is 8.58. The van der Waals surface area contributed by atoms with E-state index in [9.17, 15) is 72.2 Å². The highest BCUT2D eigenvalue weighted by molar-refractivity contribution is 6.30. The fraction of sp³-hybridized carbons (Fsp3) is 0.473. The molecule has 3 heterocycles. The molecule has 0 bridgehead atoms. The first-order valence-electron chi connectivity index (χ1n) is 28.6. The van der Waals surface area contributed by atoms with E-state index in [4.69, 9.17) is 28.2 Å². The van der Waals surface area contributed by atoms with E-state index >= 15 is 0 Å². The first-order chi connectivity index (χ1) is 43.6. The number of rotatable bonds is 39. The number of aliphatic hydroxyl groups is 1. The van der Waals surface area contributed by atoms with Crippen molar-refractivity contribution in [2.45, 2.75) is 115 Å². The number of imidazole rings is 3. The van der Waals surface area contributed by atoms with E-state index in [1.165, 1.54) is 37.6 Å². The molecular weight excluding hydrogens is 1230 g/mol. The Bertz CT molecular complexity index is 3170. The van der Waals surface area contributed by atoms with Gasteiger partial charge < -0.3 is 100 Å². The van der Waals surface area contributed by atoms with Gasteiger partial charge in [-0.1, -0.05) is 51.4 Å². The second-order valence-electron chi connectivity index (χ2n) is 21.5. The largest absolute Gasteiger partial charge is 0.480 e. The number of hydrogen-bond acceptors (Lipinski definition) is 19. The van der Waals surface area contributed by atoms with E-state index in [2.05, 4.69) is 93.7 Å². The van der Waals surface area contributed by atoms with E-state index in [0.29, 0.717) is 22.1 Å². The number of nitrogens with zero attached hydrogens (tertiary/aromatic N) is 3. The maximum atomic E-state index is 13.9. The Morgan fingerprint density at radius 3 is 1.21 bits per heavy atom. The van der Waals surface area contributed by atoms with E-state index in [1.54, 1.807) is 52.0 Å². The van der Waals surface area contributed by atoms with Gasteiger partial charge in [0, 0.05) is 66.4 Å². The first-order valence-corrected chi connectivity index (χ1v) is 29.0. The number of primary amides is 1. The minimum atomic E-state index is -1.65. The zero-order valence-corrected chi connectivity index (χ0v) is 51.3. The Morgan fingerprint density at radius 2 is 0.826 bits per heavy atom. The fourth-order valence-electron chi connectivity index (χ4n) is 8.45. The van der Waals surface area contributed by atoms with Gasteiger partial charge in [-0.3, -0.25) is 67.1 Å². The van der Waals surface area contributed by atoms with Crippen LogP contribution in [0.25, 0.3) is 0 Å². The van der Waals surface area contributed by atoms with Crippen molar-refractivity contribution in [2.24, 2.45) is 23.3 Å². The number of aromatic nitrogens is 6. The van der Waals surface area contributed by atoms with E-state index < -0.39 is 195 Å².